The first-order valence-electron chi connectivity index (χ1n) is 2.46. The highest BCUT2D eigenvalue weighted by Gasteiger charge is 2.42. The van der Waals surface area contributed by atoms with Crippen molar-refractivity contribution >= 4 is 19.4 Å². The zero-order chi connectivity index (χ0) is 9.35. The predicted octanol–water partition coefficient (Wildman–Crippen LogP) is 1.30. The van der Waals surface area contributed by atoms with E-state index in [0.29, 0.717) is 0 Å². The van der Waals surface area contributed by atoms with Gasteiger partial charge in [-0.1, -0.05) is 0 Å². The Morgan fingerprint density at radius 3 is 2.33 bits per heavy atom. The zero-order valence-electron chi connectivity index (χ0n) is 5.19. The minimum Gasteiger partial charge on any atom is -0.243 e. The van der Waals surface area contributed by atoms with Gasteiger partial charge in [0.2, 0.25) is 6.29 Å². The molecule has 3 atom stereocenters. The van der Waals surface area contributed by atoms with Crippen molar-refractivity contribution in [2.45, 2.75) is 12.6 Å². The topological polar surface area (TPSA) is 61.8 Å². The molecule has 0 spiro atoms. The van der Waals surface area contributed by atoms with E-state index < -0.39 is 32.0 Å². The Morgan fingerprint density at radius 2 is 2.00 bits per heavy atom. The van der Waals surface area contributed by atoms with Crippen LogP contribution in [0.4, 0.5) is 12.8 Å². The van der Waals surface area contributed by atoms with Crippen molar-refractivity contribution in [2.24, 2.45) is 0 Å². The predicted molar refractivity (Wildman–Crippen MR) is 29.9 cm³/mol. The van der Waals surface area contributed by atoms with Crippen LogP contribution in [0.15, 0.2) is 0 Å². The Balaban J connectivity index is 2.54. The van der Waals surface area contributed by atoms with Crippen LogP contribution < -0.4 is 0 Å². The summed E-state index contributed by atoms with van der Waals surface area (Å²) in [6.45, 7) is 0. The van der Waals surface area contributed by atoms with Gasteiger partial charge in [-0.3, -0.25) is 0 Å². The van der Waals surface area contributed by atoms with Crippen molar-refractivity contribution in [2.75, 3.05) is 0 Å². The smallest absolute Gasteiger partial charge is 0.243 e. The summed E-state index contributed by atoms with van der Waals surface area (Å²) in [5.41, 5.74) is 0. The first-order chi connectivity index (χ1) is 5.38. The lowest BCUT2D eigenvalue weighted by molar-refractivity contribution is -0.0793. The Labute approximate surface area is 67.3 Å². The van der Waals surface area contributed by atoms with Gasteiger partial charge in [-0.25, -0.2) is 21.8 Å². The zero-order valence-corrected chi connectivity index (χ0v) is 6.90. The molecule has 0 radical (unpaired) electrons. The molecule has 1 rings (SSSR count). The molecule has 3 unspecified atom stereocenters. The lowest BCUT2D eigenvalue weighted by Crippen LogP contribution is -2.18. The summed E-state index contributed by atoms with van der Waals surface area (Å²) in [6, 6.07) is 0. The first-order valence-corrected chi connectivity index (χ1v) is 4.87. The third kappa shape index (κ3) is 2.83. The van der Waals surface area contributed by atoms with Gasteiger partial charge in [-0.2, -0.15) is 4.21 Å². The monoisotopic (exact) mass is 226 g/mol. The van der Waals surface area contributed by atoms with E-state index in [9.17, 15) is 21.6 Å². The molecule has 12 heavy (non-hydrogen) atoms. The molecule has 72 valence electrons. The van der Waals surface area contributed by atoms with Crippen LogP contribution in [0, 0.1) is 0 Å². The minimum atomic E-state index is -5.86. The van der Waals surface area contributed by atoms with Gasteiger partial charge in [0, 0.05) is 0 Å². The van der Waals surface area contributed by atoms with Gasteiger partial charge in [0.25, 0.3) is 6.36 Å². The van der Waals surface area contributed by atoms with Crippen molar-refractivity contribution in [3.63, 3.8) is 0 Å². The van der Waals surface area contributed by atoms with Crippen molar-refractivity contribution in [3.8, 4) is 0 Å². The summed E-state index contributed by atoms with van der Waals surface area (Å²) in [5.74, 6) is 0. The molecule has 5 nitrogen and oxygen atoms in total. The standard InChI is InChI=1S/C2H2F3O5PS/c3-1-2(8-11(4,5)6)10-12(7)9-1/h1-2H. The van der Waals surface area contributed by atoms with Crippen LogP contribution in [0.25, 0.3) is 0 Å². The van der Waals surface area contributed by atoms with Crippen molar-refractivity contribution in [3.05, 3.63) is 0 Å². The van der Waals surface area contributed by atoms with Crippen LogP contribution in [0.5, 0.6) is 0 Å². The Hall–Kier alpha value is 0.0500. The molecule has 0 bridgehead atoms. The highest BCUT2D eigenvalue weighted by Crippen LogP contribution is 2.52. The van der Waals surface area contributed by atoms with Gasteiger partial charge in [0.05, 0.1) is 0 Å². The summed E-state index contributed by atoms with van der Waals surface area (Å²) in [7, 11) is -5.86. The fourth-order valence-corrected chi connectivity index (χ4v) is 1.46. The van der Waals surface area contributed by atoms with Crippen molar-refractivity contribution in [1.82, 2.24) is 0 Å². The second-order valence-corrected chi connectivity index (χ2v) is 3.47. The molecule has 10 heteroatoms. The van der Waals surface area contributed by atoms with E-state index in [-0.39, 0.29) is 0 Å². The third-order valence-electron chi connectivity index (χ3n) is 0.784. The van der Waals surface area contributed by atoms with Crippen LogP contribution in [0.1, 0.15) is 0 Å². The van der Waals surface area contributed by atoms with Crippen molar-refractivity contribution in [1.29, 1.82) is 0 Å². The van der Waals surface area contributed by atoms with E-state index in [0.717, 1.165) is 0 Å². The molecule has 0 aliphatic carbocycles. The maximum Gasteiger partial charge on any atom is 0.554 e. The highest BCUT2D eigenvalue weighted by molar-refractivity contribution is 7.75. The largest absolute Gasteiger partial charge is 0.554 e. The van der Waals surface area contributed by atoms with Crippen molar-refractivity contribution < 1.29 is 34.4 Å². The van der Waals surface area contributed by atoms with Gasteiger partial charge < -0.3 is 0 Å². The van der Waals surface area contributed by atoms with Gasteiger partial charge in [-0.15, -0.1) is 8.39 Å². The van der Waals surface area contributed by atoms with Gasteiger partial charge >= 0.3 is 19.4 Å². The molecule has 1 aliphatic heterocycles. The van der Waals surface area contributed by atoms with Crippen LogP contribution in [-0.4, -0.2) is 16.9 Å². The SMILES string of the molecule is O=S1OC(F)C(OP(=O)(F)F)O1. The molecule has 1 saturated heterocycles. The number of hydrogen-bond acceptors (Lipinski definition) is 5. The molecule has 0 saturated carbocycles. The van der Waals surface area contributed by atoms with Crippen LogP contribution in [0.3, 0.4) is 0 Å². The first kappa shape index (κ1) is 10.1. The fraction of sp³-hybridized carbons (Fsp3) is 1.00. The maximum absolute atomic E-state index is 12.2. The van der Waals surface area contributed by atoms with Gasteiger partial charge in [0.1, 0.15) is 0 Å². The fourth-order valence-electron chi connectivity index (χ4n) is 0.451. The molecular weight excluding hydrogens is 224 g/mol. The Morgan fingerprint density at radius 1 is 1.42 bits per heavy atom. The van der Waals surface area contributed by atoms with Crippen LogP contribution in [0.2, 0.25) is 0 Å². The third-order valence-corrected chi connectivity index (χ3v) is 1.93. The second kappa shape index (κ2) is 3.43. The van der Waals surface area contributed by atoms with Crippen LogP contribution >= 0.6 is 7.99 Å². The molecule has 0 aromatic carbocycles. The number of halogens is 3. The Kier molecular flexibility index (Phi) is 2.89. The quantitative estimate of drug-likeness (QED) is 0.664. The molecule has 0 aromatic heterocycles. The average Bonchev–Trinajstić information content (AvgIpc) is 2.06. The average molecular weight is 226 g/mol. The molecule has 1 aliphatic rings. The minimum absolute atomic E-state index is 2.20. The van der Waals surface area contributed by atoms with Crippen LogP contribution in [-0.2, 0) is 28.8 Å². The maximum atomic E-state index is 12.2. The summed E-state index contributed by atoms with van der Waals surface area (Å²) >= 11 is -2.47. The van der Waals surface area contributed by atoms with E-state index >= 15 is 0 Å². The Bertz CT molecular complexity index is 241. The summed E-state index contributed by atoms with van der Waals surface area (Å²) in [5, 5.41) is 0. The molecule has 0 aromatic rings. The van der Waals surface area contributed by atoms with Gasteiger partial charge in [-0.05, 0) is 0 Å². The molecule has 1 heterocycles. The molecule has 0 N–H and O–H groups in total. The van der Waals surface area contributed by atoms with E-state index in [2.05, 4.69) is 12.9 Å². The van der Waals surface area contributed by atoms with E-state index in [1.807, 2.05) is 0 Å². The summed E-state index contributed by atoms with van der Waals surface area (Å²) in [4.78, 5) is 0. The lowest BCUT2D eigenvalue weighted by atomic mass is 10.7. The number of rotatable bonds is 2. The lowest BCUT2D eigenvalue weighted by Gasteiger charge is -2.06. The van der Waals surface area contributed by atoms with E-state index in [1.54, 1.807) is 0 Å². The second-order valence-electron chi connectivity index (χ2n) is 1.64. The van der Waals surface area contributed by atoms with E-state index in [1.165, 1.54) is 0 Å². The molecule has 1 fully saturated rings. The molecular formula is C2H2F3O5PS. The normalized spacial score (nSPS) is 37.1. The number of hydrogen-bond donors (Lipinski definition) is 0. The molecule has 0 amide bonds. The number of alkyl halides is 1. The van der Waals surface area contributed by atoms with Gasteiger partial charge in [0.15, 0.2) is 0 Å². The summed E-state index contributed by atoms with van der Waals surface area (Å²) < 4.78 is 66.2. The highest BCUT2D eigenvalue weighted by atomic mass is 32.2. The van der Waals surface area contributed by atoms with E-state index in [4.69, 9.17) is 0 Å². The summed E-state index contributed by atoms with van der Waals surface area (Å²) in [6.07, 6.45) is -4.63.